The van der Waals surface area contributed by atoms with Crippen LogP contribution in [0.1, 0.15) is 24.0 Å². The summed E-state index contributed by atoms with van der Waals surface area (Å²) in [6.45, 7) is 1.99. The molecule has 1 atom stereocenters. The topological polar surface area (TPSA) is 93.7 Å². The first-order chi connectivity index (χ1) is 12.9. The second kappa shape index (κ2) is 7.58. The van der Waals surface area contributed by atoms with Gasteiger partial charge in [0, 0.05) is 12.2 Å². The van der Waals surface area contributed by atoms with Crippen LogP contribution in [0.5, 0.6) is 11.5 Å². The summed E-state index contributed by atoms with van der Waals surface area (Å²) in [4.78, 5) is 11.9. The highest BCUT2D eigenvalue weighted by Crippen LogP contribution is 2.33. The van der Waals surface area contributed by atoms with Crippen molar-refractivity contribution < 1.29 is 22.7 Å². The minimum Gasteiger partial charge on any atom is -0.493 e. The maximum absolute atomic E-state index is 12.6. The normalized spacial score (nSPS) is 16.0. The van der Waals surface area contributed by atoms with Crippen LogP contribution in [0, 0.1) is 0 Å². The van der Waals surface area contributed by atoms with Crippen molar-refractivity contribution in [2.45, 2.75) is 24.2 Å². The third kappa shape index (κ3) is 3.91. The number of fused-ring (bicyclic) bond motifs is 1. The quantitative estimate of drug-likeness (QED) is 0.757. The molecule has 1 aliphatic rings. The molecule has 2 aromatic rings. The summed E-state index contributed by atoms with van der Waals surface area (Å²) in [5, 5.41) is 2.73. The number of benzene rings is 2. The Balaban J connectivity index is 1.69. The van der Waals surface area contributed by atoms with Crippen molar-refractivity contribution in [1.82, 2.24) is 4.72 Å². The van der Waals surface area contributed by atoms with Gasteiger partial charge in [0.15, 0.2) is 11.5 Å². The lowest BCUT2D eigenvalue weighted by molar-refractivity contribution is -0.116. The number of anilines is 1. The van der Waals surface area contributed by atoms with Crippen LogP contribution >= 0.6 is 0 Å². The lowest BCUT2D eigenvalue weighted by Gasteiger charge is -2.11. The largest absolute Gasteiger partial charge is 0.493 e. The molecule has 8 heteroatoms. The van der Waals surface area contributed by atoms with Gasteiger partial charge < -0.3 is 14.8 Å². The van der Waals surface area contributed by atoms with Gasteiger partial charge in [0.05, 0.1) is 25.0 Å². The van der Waals surface area contributed by atoms with E-state index in [0.29, 0.717) is 29.2 Å². The molecule has 0 radical (unpaired) electrons. The predicted octanol–water partition coefficient (Wildman–Crippen LogP) is 2.28. The standard InChI is InChI=1S/C19H22N2O5S/c1-12-15-11-14(5-6-16(15)21-19(12)22)27(23,24)20-9-8-13-4-7-17(25-2)18(10-13)26-3/h4-7,10-12,20H,8-9H2,1-3H3,(H,21,22)/t12-/m1/s1. The van der Waals surface area contributed by atoms with E-state index in [2.05, 4.69) is 10.0 Å². The predicted molar refractivity (Wildman–Crippen MR) is 102 cm³/mol. The van der Waals surface area contributed by atoms with E-state index in [1.807, 2.05) is 12.1 Å². The lowest BCUT2D eigenvalue weighted by atomic mass is 10.0. The summed E-state index contributed by atoms with van der Waals surface area (Å²) in [5.74, 6) is 0.739. The van der Waals surface area contributed by atoms with Gasteiger partial charge in [-0.15, -0.1) is 0 Å². The summed E-state index contributed by atoms with van der Waals surface area (Å²) in [6, 6.07) is 10.1. The Morgan fingerprint density at radius 1 is 1.07 bits per heavy atom. The summed E-state index contributed by atoms with van der Waals surface area (Å²) in [5.41, 5.74) is 2.28. The van der Waals surface area contributed by atoms with Crippen molar-refractivity contribution in [3.8, 4) is 11.5 Å². The fourth-order valence-corrected chi connectivity index (χ4v) is 4.08. The molecule has 0 aromatic heterocycles. The second-order valence-corrected chi connectivity index (χ2v) is 8.06. The van der Waals surface area contributed by atoms with E-state index in [1.54, 1.807) is 39.3 Å². The highest BCUT2D eigenvalue weighted by atomic mass is 32.2. The van der Waals surface area contributed by atoms with Gasteiger partial charge in [-0.2, -0.15) is 0 Å². The van der Waals surface area contributed by atoms with Gasteiger partial charge in [0.2, 0.25) is 15.9 Å². The van der Waals surface area contributed by atoms with Crippen LogP contribution in [0.15, 0.2) is 41.3 Å². The van der Waals surface area contributed by atoms with Gasteiger partial charge in [-0.3, -0.25) is 4.79 Å². The second-order valence-electron chi connectivity index (χ2n) is 6.30. The van der Waals surface area contributed by atoms with E-state index in [9.17, 15) is 13.2 Å². The maximum atomic E-state index is 12.6. The van der Waals surface area contributed by atoms with Crippen molar-refractivity contribution in [2.75, 3.05) is 26.1 Å². The molecule has 0 unspecified atom stereocenters. The number of hydrogen-bond acceptors (Lipinski definition) is 5. The monoisotopic (exact) mass is 390 g/mol. The lowest BCUT2D eigenvalue weighted by Crippen LogP contribution is -2.26. The van der Waals surface area contributed by atoms with E-state index in [0.717, 1.165) is 5.56 Å². The third-order valence-corrected chi connectivity index (χ3v) is 6.06. The van der Waals surface area contributed by atoms with E-state index in [1.165, 1.54) is 6.07 Å². The number of rotatable bonds is 7. The molecule has 7 nitrogen and oxygen atoms in total. The Morgan fingerprint density at radius 2 is 1.81 bits per heavy atom. The fourth-order valence-electron chi connectivity index (χ4n) is 3.01. The molecule has 27 heavy (non-hydrogen) atoms. The van der Waals surface area contributed by atoms with E-state index in [4.69, 9.17) is 9.47 Å². The zero-order valence-electron chi connectivity index (χ0n) is 15.4. The molecule has 1 heterocycles. The number of ether oxygens (including phenoxy) is 2. The van der Waals surface area contributed by atoms with Gasteiger partial charge >= 0.3 is 0 Å². The number of hydrogen-bond donors (Lipinski definition) is 2. The molecular formula is C19H22N2O5S. The van der Waals surface area contributed by atoms with Crippen LogP contribution in [0.4, 0.5) is 5.69 Å². The van der Waals surface area contributed by atoms with Crippen LogP contribution in [-0.2, 0) is 21.2 Å². The molecule has 0 bridgehead atoms. The molecule has 0 saturated carbocycles. The van der Waals surface area contributed by atoms with E-state index in [-0.39, 0.29) is 23.3 Å². The van der Waals surface area contributed by atoms with Crippen molar-refractivity contribution in [2.24, 2.45) is 0 Å². The number of methoxy groups -OCH3 is 2. The molecule has 144 valence electrons. The van der Waals surface area contributed by atoms with E-state index >= 15 is 0 Å². The van der Waals surface area contributed by atoms with Gasteiger partial charge in [0.1, 0.15) is 0 Å². The molecule has 0 aliphatic carbocycles. The van der Waals surface area contributed by atoms with E-state index < -0.39 is 10.0 Å². The molecule has 0 fully saturated rings. The Kier molecular flexibility index (Phi) is 5.38. The number of carbonyl (C=O) groups excluding carboxylic acids is 1. The number of nitrogens with one attached hydrogen (secondary N) is 2. The van der Waals surface area contributed by atoms with Gasteiger partial charge in [-0.25, -0.2) is 13.1 Å². The summed E-state index contributed by atoms with van der Waals surface area (Å²) in [6.07, 6.45) is 0.501. The number of carbonyl (C=O) groups is 1. The third-order valence-electron chi connectivity index (χ3n) is 4.60. The Bertz CT molecular complexity index is 972. The minimum atomic E-state index is -3.67. The van der Waals surface area contributed by atoms with Crippen molar-refractivity contribution in [1.29, 1.82) is 0 Å². The molecule has 2 N–H and O–H groups in total. The molecule has 0 spiro atoms. The van der Waals surface area contributed by atoms with Gasteiger partial charge in [0.25, 0.3) is 0 Å². The zero-order chi connectivity index (χ0) is 19.6. The van der Waals surface area contributed by atoms with Crippen molar-refractivity contribution in [3.63, 3.8) is 0 Å². The highest BCUT2D eigenvalue weighted by molar-refractivity contribution is 7.89. The highest BCUT2D eigenvalue weighted by Gasteiger charge is 2.28. The van der Waals surface area contributed by atoms with Crippen molar-refractivity contribution >= 4 is 21.6 Å². The van der Waals surface area contributed by atoms with Crippen LogP contribution < -0.4 is 19.5 Å². The molecular weight excluding hydrogens is 368 g/mol. The van der Waals surface area contributed by atoms with Crippen LogP contribution in [-0.4, -0.2) is 35.1 Å². The number of sulfonamides is 1. The number of amides is 1. The average molecular weight is 390 g/mol. The van der Waals surface area contributed by atoms with Gasteiger partial charge in [-0.1, -0.05) is 6.07 Å². The van der Waals surface area contributed by atoms with Crippen LogP contribution in [0.3, 0.4) is 0 Å². The minimum absolute atomic E-state index is 0.124. The Hall–Kier alpha value is -2.58. The summed E-state index contributed by atoms with van der Waals surface area (Å²) >= 11 is 0. The zero-order valence-corrected chi connectivity index (χ0v) is 16.2. The first kappa shape index (κ1) is 19.2. The maximum Gasteiger partial charge on any atom is 0.240 e. The molecule has 1 aliphatic heterocycles. The summed E-state index contributed by atoms with van der Waals surface area (Å²) in [7, 11) is -0.550. The van der Waals surface area contributed by atoms with Crippen molar-refractivity contribution in [3.05, 3.63) is 47.5 Å². The Morgan fingerprint density at radius 3 is 2.52 bits per heavy atom. The smallest absolute Gasteiger partial charge is 0.240 e. The molecule has 0 saturated heterocycles. The van der Waals surface area contributed by atoms with Gasteiger partial charge in [-0.05, 0) is 54.8 Å². The summed E-state index contributed by atoms with van der Waals surface area (Å²) < 4.78 is 38.2. The average Bonchev–Trinajstić information content (AvgIpc) is 2.95. The molecule has 3 rings (SSSR count). The van der Waals surface area contributed by atoms with Crippen LogP contribution in [0.25, 0.3) is 0 Å². The molecule has 1 amide bonds. The fraction of sp³-hybridized carbons (Fsp3) is 0.316. The van der Waals surface area contributed by atoms with Crippen LogP contribution in [0.2, 0.25) is 0 Å². The first-order valence-electron chi connectivity index (χ1n) is 8.51. The first-order valence-corrected chi connectivity index (χ1v) is 9.99. The Labute approximate surface area is 158 Å². The SMILES string of the molecule is COc1ccc(CCNS(=O)(=O)c2ccc3c(c2)[C@@H](C)C(=O)N3)cc1OC. The molecule has 2 aromatic carbocycles.